The van der Waals surface area contributed by atoms with Crippen LogP contribution in [0.3, 0.4) is 0 Å². The Labute approximate surface area is 62.0 Å². The molecule has 2 heterocycles. The van der Waals surface area contributed by atoms with Crippen molar-refractivity contribution < 1.29 is 9.47 Å². The highest BCUT2D eigenvalue weighted by Gasteiger charge is 2.12. The molecule has 58 valence electrons. The lowest BCUT2D eigenvalue weighted by atomic mass is 10.5. The molecule has 2 rings (SSSR count). The quantitative estimate of drug-likeness (QED) is 0.549. The smallest absolute Gasteiger partial charge is 0.274 e. The van der Waals surface area contributed by atoms with E-state index >= 15 is 0 Å². The van der Waals surface area contributed by atoms with Crippen molar-refractivity contribution in [1.82, 2.24) is 10.2 Å². The Morgan fingerprint density at radius 2 is 2.27 bits per heavy atom. The fourth-order valence-corrected chi connectivity index (χ4v) is 0.871. The zero-order chi connectivity index (χ0) is 7.68. The molecule has 0 aliphatic carbocycles. The molecule has 0 spiro atoms. The van der Waals surface area contributed by atoms with Gasteiger partial charge in [-0.2, -0.15) is 0 Å². The molecular formula is C6H6N2O3. The molecule has 0 atom stereocenters. The molecule has 0 fully saturated rings. The molecular weight excluding hydrogens is 148 g/mol. The summed E-state index contributed by atoms with van der Waals surface area (Å²) in [5.74, 6) is 0.774. The van der Waals surface area contributed by atoms with Gasteiger partial charge in [0.25, 0.3) is 11.4 Å². The monoisotopic (exact) mass is 154 g/mol. The van der Waals surface area contributed by atoms with Crippen LogP contribution in [0.15, 0.2) is 10.9 Å². The number of nitrogens with one attached hydrogen (secondary N) is 1. The molecule has 0 unspecified atom stereocenters. The summed E-state index contributed by atoms with van der Waals surface area (Å²) in [4.78, 5) is 10.7. The highest BCUT2D eigenvalue weighted by atomic mass is 16.6. The Kier molecular flexibility index (Phi) is 1.28. The average molecular weight is 154 g/mol. The normalized spacial score (nSPS) is 14.5. The number of aromatic nitrogens is 2. The highest BCUT2D eigenvalue weighted by molar-refractivity contribution is 5.31. The van der Waals surface area contributed by atoms with E-state index in [1.54, 1.807) is 0 Å². The van der Waals surface area contributed by atoms with E-state index in [2.05, 4.69) is 10.2 Å². The summed E-state index contributed by atoms with van der Waals surface area (Å²) >= 11 is 0. The van der Waals surface area contributed by atoms with E-state index in [9.17, 15) is 4.79 Å². The first kappa shape index (κ1) is 6.21. The minimum atomic E-state index is -0.283. The molecule has 0 amide bonds. The lowest BCUT2D eigenvalue weighted by molar-refractivity contribution is 0.162. The summed E-state index contributed by atoms with van der Waals surface area (Å²) in [5, 5.41) is 5.88. The summed E-state index contributed by atoms with van der Waals surface area (Å²) in [6, 6.07) is 1.32. The van der Waals surface area contributed by atoms with Crippen LogP contribution < -0.4 is 15.0 Å². The number of rotatable bonds is 0. The van der Waals surface area contributed by atoms with Crippen molar-refractivity contribution in [2.75, 3.05) is 13.2 Å². The van der Waals surface area contributed by atoms with Gasteiger partial charge in [-0.15, -0.1) is 5.10 Å². The van der Waals surface area contributed by atoms with Gasteiger partial charge in [-0.1, -0.05) is 0 Å². The SMILES string of the molecule is O=c1cc2c(n[nH]1)OCCO2. The molecule has 11 heavy (non-hydrogen) atoms. The Balaban J connectivity index is 2.51. The maximum absolute atomic E-state index is 10.7. The average Bonchev–Trinajstić information content (AvgIpc) is 2.04. The number of hydrogen-bond donors (Lipinski definition) is 1. The van der Waals surface area contributed by atoms with E-state index in [0.29, 0.717) is 24.8 Å². The zero-order valence-electron chi connectivity index (χ0n) is 5.66. The number of H-pyrrole nitrogens is 1. The van der Waals surface area contributed by atoms with Crippen LogP contribution in [0.2, 0.25) is 0 Å². The fraction of sp³-hybridized carbons (Fsp3) is 0.333. The van der Waals surface area contributed by atoms with Gasteiger partial charge >= 0.3 is 0 Å². The van der Waals surface area contributed by atoms with Crippen LogP contribution in [0.25, 0.3) is 0 Å². The first-order chi connectivity index (χ1) is 5.36. The Morgan fingerprint density at radius 1 is 1.45 bits per heavy atom. The number of hydrogen-bond acceptors (Lipinski definition) is 4. The Morgan fingerprint density at radius 3 is 3.18 bits per heavy atom. The van der Waals surface area contributed by atoms with Crippen LogP contribution in [-0.2, 0) is 0 Å². The van der Waals surface area contributed by atoms with Crippen molar-refractivity contribution in [1.29, 1.82) is 0 Å². The van der Waals surface area contributed by atoms with Crippen molar-refractivity contribution in [2.24, 2.45) is 0 Å². The first-order valence-electron chi connectivity index (χ1n) is 3.21. The van der Waals surface area contributed by atoms with Crippen LogP contribution in [0.1, 0.15) is 0 Å². The van der Waals surface area contributed by atoms with E-state index in [1.807, 2.05) is 0 Å². The summed E-state index contributed by atoms with van der Waals surface area (Å²) in [5.41, 5.74) is -0.283. The van der Waals surface area contributed by atoms with Gasteiger partial charge < -0.3 is 9.47 Å². The molecule has 5 nitrogen and oxygen atoms in total. The molecule has 5 heteroatoms. The van der Waals surface area contributed by atoms with Crippen LogP contribution in [0.4, 0.5) is 0 Å². The number of aromatic amines is 1. The largest absolute Gasteiger partial charge is 0.484 e. The molecule has 0 bridgehead atoms. The molecule has 0 aromatic carbocycles. The predicted molar refractivity (Wildman–Crippen MR) is 35.8 cm³/mol. The highest BCUT2D eigenvalue weighted by Crippen LogP contribution is 2.23. The second-order valence-corrected chi connectivity index (χ2v) is 2.10. The van der Waals surface area contributed by atoms with Crippen molar-refractivity contribution >= 4 is 0 Å². The lowest BCUT2D eigenvalue weighted by Crippen LogP contribution is -2.19. The molecule has 1 aliphatic rings. The van der Waals surface area contributed by atoms with E-state index < -0.39 is 0 Å². The van der Waals surface area contributed by atoms with Gasteiger partial charge in [0.05, 0.1) is 6.07 Å². The van der Waals surface area contributed by atoms with Crippen molar-refractivity contribution in [3.05, 3.63) is 16.4 Å². The minimum Gasteiger partial charge on any atom is -0.484 e. The molecule has 1 N–H and O–H groups in total. The van der Waals surface area contributed by atoms with Crippen LogP contribution in [0.5, 0.6) is 11.6 Å². The third-order valence-corrected chi connectivity index (χ3v) is 1.32. The lowest BCUT2D eigenvalue weighted by Gasteiger charge is -2.15. The number of nitrogens with zero attached hydrogens (tertiary/aromatic N) is 1. The molecule has 0 saturated heterocycles. The van der Waals surface area contributed by atoms with E-state index in [1.165, 1.54) is 6.07 Å². The minimum absolute atomic E-state index is 0.283. The molecule has 1 aromatic rings. The van der Waals surface area contributed by atoms with Crippen molar-refractivity contribution in [3.63, 3.8) is 0 Å². The fourth-order valence-electron chi connectivity index (χ4n) is 0.871. The van der Waals surface area contributed by atoms with Crippen LogP contribution in [-0.4, -0.2) is 23.4 Å². The van der Waals surface area contributed by atoms with E-state index in [0.717, 1.165) is 0 Å². The number of ether oxygens (including phenoxy) is 2. The first-order valence-corrected chi connectivity index (χ1v) is 3.21. The van der Waals surface area contributed by atoms with Gasteiger partial charge in [-0.25, -0.2) is 5.10 Å². The van der Waals surface area contributed by atoms with Crippen LogP contribution >= 0.6 is 0 Å². The summed E-state index contributed by atoms with van der Waals surface area (Å²) in [7, 11) is 0. The molecule has 0 radical (unpaired) electrons. The summed E-state index contributed by atoms with van der Waals surface area (Å²) < 4.78 is 10.2. The third kappa shape index (κ3) is 1.04. The second-order valence-electron chi connectivity index (χ2n) is 2.10. The van der Waals surface area contributed by atoms with Crippen LogP contribution in [0, 0.1) is 0 Å². The second kappa shape index (κ2) is 2.26. The zero-order valence-corrected chi connectivity index (χ0v) is 5.66. The van der Waals surface area contributed by atoms with Gasteiger partial charge in [-0.05, 0) is 0 Å². The number of fused-ring (bicyclic) bond motifs is 1. The Hall–Kier alpha value is -1.52. The van der Waals surface area contributed by atoms with Gasteiger partial charge in [0, 0.05) is 0 Å². The van der Waals surface area contributed by atoms with Gasteiger partial charge in [0.2, 0.25) is 0 Å². The van der Waals surface area contributed by atoms with Gasteiger partial charge in [-0.3, -0.25) is 4.79 Å². The standard InChI is InChI=1S/C6H6N2O3/c9-5-3-4-6(8-7-5)11-2-1-10-4/h3H,1-2H2,(H,7,9). The Bertz CT molecular complexity index is 320. The van der Waals surface area contributed by atoms with E-state index in [-0.39, 0.29) is 5.56 Å². The third-order valence-electron chi connectivity index (χ3n) is 1.32. The van der Waals surface area contributed by atoms with Crippen molar-refractivity contribution in [3.8, 4) is 11.6 Å². The summed E-state index contributed by atoms with van der Waals surface area (Å²) in [6.07, 6.45) is 0. The molecule has 1 aromatic heterocycles. The van der Waals surface area contributed by atoms with Gasteiger partial charge in [0.1, 0.15) is 13.2 Å². The van der Waals surface area contributed by atoms with E-state index in [4.69, 9.17) is 9.47 Å². The topological polar surface area (TPSA) is 64.2 Å². The maximum atomic E-state index is 10.7. The van der Waals surface area contributed by atoms with Gasteiger partial charge in [0.15, 0.2) is 5.75 Å². The predicted octanol–water partition coefficient (Wildman–Crippen LogP) is -0.459. The molecule has 0 saturated carbocycles. The molecule has 1 aliphatic heterocycles. The summed E-state index contributed by atoms with van der Waals surface area (Å²) in [6.45, 7) is 0.949. The van der Waals surface area contributed by atoms with Crippen molar-refractivity contribution in [2.45, 2.75) is 0 Å². The maximum Gasteiger partial charge on any atom is 0.274 e.